The van der Waals surface area contributed by atoms with E-state index in [0.717, 1.165) is 17.0 Å². The van der Waals surface area contributed by atoms with Gasteiger partial charge in [0.05, 0.1) is 17.7 Å². The quantitative estimate of drug-likeness (QED) is 0.265. The molecule has 1 spiro atoms. The highest BCUT2D eigenvalue weighted by Gasteiger charge is 2.60. The minimum atomic E-state index is -1.11. The molecule has 2 aliphatic heterocycles. The van der Waals surface area contributed by atoms with Gasteiger partial charge in [0.1, 0.15) is 5.75 Å². The first-order valence-corrected chi connectivity index (χ1v) is 14.1. The summed E-state index contributed by atoms with van der Waals surface area (Å²) in [6.07, 6.45) is 1.86. The van der Waals surface area contributed by atoms with E-state index in [1.165, 1.54) is 23.5 Å². The Hall–Kier alpha value is -4.47. The van der Waals surface area contributed by atoms with E-state index in [0.29, 0.717) is 16.3 Å². The van der Waals surface area contributed by atoms with Crippen molar-refractivity contribution in [2.75, 3.05) is 22.3 Å². The maximum atomic E-state index is 14.2. The third-order valence-electron chi connectivity index (χ3n) is 6.28. The van der Waals surface area contributed by atoms with E-state index in [-0.39, 0.29) is 16.9 Å². The number of amides is 2. The van der Waals surface area contributed by atoms with E-state index < -0.39 is 4.33 Å². The first-order valence-electron chi connectivity index (χ1n) is 12.5. The van der Waals surface area contributed by atoms with Crippen LogP contribution in [-0.2, 0) is 9.59 Å². The van der Waals surface area contributed by atoms with Crippen molar-refractivity contribution < 1.29 is 14.3 Å². The molecule has 0 aromatic heterocycles. The number of anilines is 3. The number of methoxy groups -OCH3 is 1. The average molecular weight is 565 g/mol. The Morgan fingerprint density at radius 1 is 0.825 bits per heavy atom. The summed E-state index contributed by atoms with van der Waals surface area (Å²) in [6.45, 7) is 0. The number of ether oxygens (including phenoxy) is 1. The van der Waals surface area contributed by atoms with E-state index in [1.807, 2.05) is 121 Å². The van der Waals surface area contributed by atoms with Crippen LogP contribution in [0.25, 0.3) is 6.08 Å². The van der Waals surface area contributed by atoms with Crippen LogP contribution in [0, 0.1) is 0 Å². The van der Waals surface area contributed by atoms with Crippen LogP contribution in [0.2, 0.25) is 0 Å². The summed E-state index contributed by atoms with van der Waals surface area (Å²) in [5.74, 6) is 0.210. The van der Waals surface area contributed by atoms with Crippen LogP contribution >= 0.6 is 23.5 Å². The number of hydrogen-bond donors (Lipinski definition) is 1. The summed E-state index contributed by atoms with van der Waals surface area (Å²) in [5.41, 5.74) is 2.98. The Kier molecular flexibility index (Phi) is 7.06. The molecule has 1 N–H and O–H groups in total. The molecule has 2 aliphatic rings. The molecule has 9 heteroatoms. The molecular formula is C31H24N4O3S2. The van der Waals surface area contributed by atoms with Gasteiger partial charge in [-0.1, -0.05) is 78.5 Å². The van der Waals surface area contributed by atoms with Crippen molar-refractivity contribution in [2.45, 2.75) is 4.33 Å². The van der Waals surface area contributed by atoms with Crippen LogP contribution in [-0.4, -0.2) is 28.3 Å². The van der Waals surface area contributed by atoms with Crippen LogP contribution in [0.1, 0.15) is 5.56 Å². The molecular weight excluding hydrogens is 541 g/mol. The number of rotatable bonds is 6. The molecule has 2 amide bonds. The van der Waals surface area contributed by atoms with Gasteiger partial charge in [0, 0.05) is 11.4 Å². The molecule has 1 atom stereocenters. The van der Waals surface area contributed by atoms with Crippen molar-refractivity contribution in [3.63, 3.8) is 0 Å². The molecule has 1 fully saturated rings. The van der Waals surface area contributed by atoms with Crippen molar-refractivity contribution in [1.82, 2.24) is 0 Å². The average Bonchev–Trinajstić information content (AvgIpc) is 3.51. The molecule has 198 valence electrons. The Balaban J connectivity index is 1.45. The van der Waals surface area contributed by atoms with E-state index in [2.05, 4.69) is 5.32 Å². The highest BCUT2D eigenvalue weighted by atomic mass is 32.2. The van der Waals surface area contributed by atoms with Crippen LogP contribution < -0.4 is 20.0 Å². The van der Waals surface area contributed by atoms with Crippen LogP contribution in [0.15, 0.2) is 125 Å². The van der Waals surface area contributed by atoms with Crippen molar-refractivity contribution in [3.8, 4) is 5.75 Å². The topological polar surface area (TPSA) is 74.2 Å². The van der Waals surface area contributed by atoms with E-state index in [1.54, 1.807) is 17.0 Å². The number of para-hydroxylation sites is 3. The molecule has 2 heterocycles. The predicted octanol–water partition coefficient (Wildman–Crippen LogP) is 6.63. The zero-order chi connectivity index (χ0) is 27.5. The highest BCUT2D eigenvalue weighted by Crippen LogP contribution is 2.59. The van der Waals surface area contributed by atoms with Gasteiger partial charge in [-0.05, 0) is 71.9 Å². The fraction of sp³-hybridized carbons (Fsp3) is 0.0645. The molecule has 0 aliphatic carbocycles. The number of benzene rings is 4. The molecule has 4 aromatic carbocycles. The van der Waals surface area contributed by atoms with E-state index >= 15 is 0 Å². The van der Waals surface area contributed by atoms with Gasteiger partial charge < -0.3 is 10.1 Å². The summed E-state index contributed by atoms with van der Waals surface area (Å²) in [6, 6.07) is 35.8. The minimum absolute atomic E-state index is 0.180. The third-order valence-corrected chi connectivity index (χ3v) is 9.00. The maximum absolute atomic E-state index is 14.2. The SMILES string of the molecule is COc1ccc(/C=C2/S[C@]3(SC(C(=O)Nc4ccccc4)=NN3c3ccccc3)N(c3ccccc3)C2=O)cc1. The van der Waals surface area contributed by atoms with Gasteiger partial charge in [0.15, 0.2) is 5.04 Å². The fourth-order valence-electron chi connectivity index (χ4n) is 4.41. The summed E-state index contributed by atoms with van der Waals surface area (Å²) in [4.78, 5) is 29.9. The predicted molar refractivity (Wildman–Crippen MR) is 164 cm³/mol. The lowest BCUT2D eigenvalue weighted by Gasteiger charge is -2.38. The van der Waals surface area contributed by atoms with Crippen LogP contribution in [0.5, 0.6) is 5.75 Å². The standard InChI is InChI=1S/C31H24N4O3S2/c1-38-26-19-17-22(18-20-26)21-27-30(37)34(24-13-7-3-8-14-24)31(39-27)35(25-15-9-4-10-16-25)33-29(40-31)28(36)32-23-11-5-2-6-12-23/h2-21H,1H3,(H,32,36)/b27-21+/t31-/m0/s1. The largest absolute Gasteiger partial charge is 0.497 e. The number of carbonyl (C=O) groups excluding carboxylic acids is 2. The number of hydrogen-bond acceptors (Lipinski definition) is 7. The maximum Gasteiger partial charge on any atom is 0.282 e. The molecule has 6 rings (SSSR count). The summed E-state index contributed by atoms with van der Waals surface area (Å²) in [7, 11) is 1.62. The van der Waals surface area contributed by atoms with Gasteiger partial charge >= 0.3 is 0 Å². The van der Waals surface area contributed by atoms with E-state index in [4.69, 9.17) is 9.84 Å². The van der Waals surface area contributed by atoms with Crippen LogP contribution in [0.4, 0.5) is 17.1 Å². The second-order valence-electron chi connectivity index (χ2n) is 8.88. The second-order valence-corrected chi connectivity index (χ2v) is 11.5. The first-order chi connectivity index (χ1) is 19.6. The number of carbonyl (C=O) groups is 2. The fourth-order valence-corrected chi connectivity index (χ4v) is 7.28. The molecule has 40 heavy (non-hydrogen) atoms. The Bertz CT molecular complexity index is 1600. The van der Waals surface area contributed by atoms with Crippen molar-refractivity contribution in [3.05, 3.63) is 126 Å². The lowest BCUT2D eigenvalue weighted by molar-refractivity contribution is -0.114. The molecule has 0 bridgehead atoms. The van der Waals surface area contributed by atoms with Crippen molar-refractivity contribution in [1.29, 1.82) is 0 Å². The van der Waals surface area contributed by atoms with Crippen LogP contribution in [0.3, 0.4) is 0 Å². The van der Waals surface area contributed by atoms with Gasteiger partial charge in [0.25, 0.3) is 11.8 Å². The number of hydrazone groups is 1. The van der Waals surface area contributed by atoms with Gasteiger partial charge in [0.2, 0.25) is 4.33 Å². The second kappa shape index (κ2) is 11.0. The monoisotopic (exact) mass is 564 g/mol. The smallest absolute Gasteiger partial charge is 0.282 e. The van der Waals surface area contributed by atoms with Crippen molar-refractivity contribution in [2.24, 2.45) is 5.10 Å². The zero-order valence-electron chi connectivity index (χ0n) is 21.4. The highest BCUT2D eigenvalue weighted by molar-refractivity contribution is 8.29. The first kappa shape index (κ1) is 25.8. The third kappa shape index (κ3) is 4.85. The van der Waals surface area contributed by atoms with E-state index in [9.17, 15) is 9.59 Å². The normalized spacial score (nSPS) is 19.3. The molecule has 0 unspecified atom stereocenters. The van der Waals surface area contributed by atoms with Gasteiger partial charge in [-0.15, -0.1) is 0 Å². The lowest BCUT2D eigenvalue weighted by Crippen LogP contribution is -2.51. The summed E-state index contributed by atoms with van der Waals surface area (Å²) in [5, 5.41) is 9.76. The number of nitrogens with zero attached hydrogens (tertiary/aromatic N) is 3. The van der Waals surface area contributed by atoms with Gasteiger partial charge in [-0.2, -0.15) is 5.10 Å². The molecule has 0 saturated carbocycles. The minimum Gasteiger partial charge on any atom is -0.497 e. The number of thioether (sulfide) groups is 2. The molecule has 1 saturated heterocycles. The Morgan fingerprint density at radius 3 is 2.05 bits per heavy atom. The van der Waals surface area contributed by atoms with Gasteiger partial charge in [-0.25, -0.2) is 5.01 Å². The zero-order valence-corrected chi connectivity index (χ0v) is 23.1. The molecule has 7 nitrogen and oxygen atoms in total. The number of nitrogens with one attached hydrogen (secondary N) is 1. The Labute approximate surface area is 240 Å². The lowest BCUT2D eigenvalue weighted by atomic mass is 10.2. The van der Waals surface area contributed by atoms with Gasteiger partial charge in [-0.3, -0.25) is 14.5 Å². The summed E-state index contributed by atoms with van der Waals surface area (Å²) >= 11 is 2.62. The van der Waals surface area contributed by atoms with Crippen molar-refractivity contribution >= 4 is 63.5 Å². The molecule has 0 radical (unpaired) electrons. The summed E-state index contributed by atoms with van der Waals surface area (Å²) < 4.78 is 4.18. The molecule has 4 aromatic rings. The Morgan fingerprint density at radius 2 is 1.43 bits per heavy atom.